The molecule has 0 bridgehead atoms. The number of halogens is 1. The molecule has 2 aromatic carbocycles. The Bertz CT molecular complexity index is 1270. The Kier molecular flexibility index (Phi) is 9.01. The molecule has 1 heterocycles. The Balaban J connectivity index is 1.81. The molecule has 0 aliphatic carbocycles. The van der Waals surface area contributed by atoms with Gasteiger partial charge in [-0.1, -0.05) is 23.1 Å². The largest absolute Gasteiger partial charge is 0.494 e. The first-order chi connectivity index (χ1) is 16.7. The minimum atomic E-state index is -4.22. The summed E-state index contributed by atoms with van der Waals surface area (Å²) in [6, 6.07) is 10.5. The predicted octanol–water partition coefficient (Wildman–Crippen LogP) is 3.18. The molecule has 0 aliphatic rings. The molecule has 1 amide bonds. The molecule has 1 N–H and O–H groups in total. The summed E-state index contributed by atoms with van der Waals surface area (Å²) in [5.41, 5.74) is 0.208. The van der Waals surface area contributed by atoms with E-state index in [0.717, 1.165) is 51.7 Å². The highest BCUT2D eigenvalue weighted by molar-refractivity contribution is 8.01. The average Bonchev–Trinajstić information content (AvgIpc) is 3.29. The number of carbonyl (C=O) groups excluding carboxylic acids is 2. The number of nitrogens with one attached hydrogen (secondary N) is 1. The van der Waals surface area contributed by atoms with Crippen molar-refractivity contribution in [3.8, 4) is 5.75 Å². The van der Waals surface area contributed by atoms with E-state index in [2.05, 4.69) is 20.3 Å². The van der Waals surface area contributed by atoms with E-state index in [-0.39, 0.29) is 21.5 Å². The maximum Gasteiger partial charge on any atom is 0.316 e. The normalized spacial score (nSPS) is 11.1. The lowest BCUT2D eigenvalue weighted by atomic mass is 10.3. The molecule has 1 aromatic heterocycles. The quantitative estimate of drug-likeness (QED) is 0.222. The number of anilines is 2. The smallest absolute Gasteiger partial charge is 0.316 e. The fourth-order valence-electron chi connectivity index (χ4n) is 2.71. The zero-order chi connectivity index (χ0) is 25.4. The first kappa shape index (κ1) is 26.4. The van der Waals surface area contributed by atoms with E-state index in [1.807, 2.05) is 6.92 Å². The van der Waals surface area contributed by atoms with Crippen LogP contribution in [0.25, 0.3) is 0 Å². The molecule has 35 heavy (non-hydrogen) atoms. The molecule has 0 radical (unpaired) electrons. The van der Waals surface area contributed by atoms with Crippen LogP contribution in [0.3, 0.4) is 0 Å². The highest BCUT2D eigenvalue weighted by Crippen LogP contribution is 2.28. The number of methoxy groups -OCH3 is 1. The summed E-state index contributed by atoms with van der Waals surface area (Å²) < 4.78 is 51.3. The van der Waals surface area contributed by atoms with Crippen LogP contribution < -0.4 is 14.4 Å². The van der Waals surface area contributed by atoms with Crippen LogP contribution in [0.15, 0.2) is 57.8 Å². The minimum absolute atomic E-state index is 0.0283. The molecular weight excluding hydrogens is 519 g/mol. The van der Waals surface area contributed by atoms with Gasteiger partial charge in [0, 0.05) is 0 Å². The van der Waals surface area contributed by atoms with Crippen LogP contribution in [0, 0.1) is 5.82 Å². The molecule has 0 saturated heterocycles. The first-order valence-electron chi connectivity index (χ1n) is 10.1. The van der Waals surface area contributed by atoms with Crippen molar-refractivity contribution in [3.63, 3.8) is 0 Å². The molecule has 14 heteroatoms. The van der Waals surface area contributed by atoms with Crippen LogP contribution >= 0.6 is 23.1 Å². The number of carbonyl (C=O) groups is 2. The Hall–Kier alpha value is -3.23. The molecule has 0 atom stereocenters. The highest BCUT2D eigenvalue weighted by atomic mass is 32.2. The number of benzene rings is 2. The Morgan fingerprint density at radius 3 is 2.43 bits per heavy atom. The van der Waals surface area contributed by atoms with Crippen molar-refractivity contribution in [2.45, 2.75) is 16.2 Å². The summed E-state index contributed by atoms with van der Waals surface area (Å²) >= 11 is 2.11. The van der Waals surface area contributed by atoms with Gasteiger partial charge in [0.05, 0.1) is 30.1 Å². The van der Waals surface area contributed by atoms with Gasteiger partial charge < -0.3 is 9.47 Å². The van der Waals surface area contributed by atoms with Crippen LogP contribution in [0.1, 0.15) is 6.92 Å². The molecule has 186 valence electrons. The first-order valence-corrected chi connectivity index (χ1v) is 13.3. The van der Waals surface area contributed by atoms with Gasteiger partial charge in [-0.15, -0.1) is 10.2 Å². The maximum atomic E-state index is 13.4. The SMILES string of the molecule is CCOc1ccc(N(CC(=O)Nc2nnc(SCC(=O)OC)s2)S(=O)(=O)c2ccc(F)cc2)cc1. The van der Waals surface area contributed by atoms with Crippen molar-refractivity contribution in [1.29, 1.82) is 0 Å². The van der Waals surface area contributed by atoms with E-state index in [9.17, 15) is 22.4 Å². The van der Waals surface area contributed by atoms with Crippen molar-refractivity contribution in [1.82, 2.24) is 10.2 Å². The zero-order valence-electron chi connectivity index (χ0n) is 18.6. The number of aromatic nitrogens is 2. The lowest BCUT2D eigenvalue weighted by Gasteiger charge is -2.24. The van der Waals surface area contributed by atoms with Gasteiger partial charge in [-0.3, -0.25) is 19.2 Å². The fraction of sp³-hybridized carbons (Fsp3) is 0.238. The number of rotatable bonds is 11. The molecular formula is C21H21FN4O6S3. The predicted molar refractivity (Wildman–Crippen MR) is 130 cm³/mol. The van der Waals surface area contributed by atoms with Gasteiger partial charge in [-0.05, 0) is 55.5 Å². The highest BCUT2D eigenvalue weighted by Gasteiger charge is 2.28. The second kappa shape index (κ2) is 12.0. The van der Waals surface area contributed by atoms with Gasteiger partial charge in [0.15, 0.2) is 4.34 Å². The molecule has 0 fully saturated rings. The van der Waals surface area contributed by atoms with Gasteiger partial charge in [-0.25, -0.2) is 12.8 Å². The topological polar surface area (TPSA) is 128 Å². The second-order valence-electron chi connectivity index (χ2n) is 6.68. The van der Waals surface area contributed by atoms with Crippen molar-refractivity contribution in [2.24, 2.45) is 0 Å². The van der Waals surface area contributed by atoms with Crippen molar-refractivity contribution in [2.75, 3.05) is 35.6 Å². The van der Waals surface area contributed by atoms with E-state index < -0.39 is 34.3 Å². The summed E-state index contributed by atoms with van der Waals surface area (Å²) in [5.74, 6) is -1.14. The number of thioether (sulfide) groups is 1. The van der Waals surface area contributed by atoms with E-state index in [4.69, 9.17) is 4.74 Å². The number of sulfonamides is 1. The number of amides is 1. The zero-order valence-corrected chi connectivity index (χ0v) is 21.1. The number of hydrogen-bond acceptors (Lipinski definition) is 10. The van der Waals surface area contributed by atoms with Gasteiger partial charge in [0.1, 0.15) is 18.1 Å². The number of esters is 1. The summed E-state index contributed by atoms with van der Waals surface area (Å²) in [6.07, 6.45) is 0. The lowest BCUT2D eigenvalue weighted by Crippen LogP contribution is -2.38. The Morgan fingerprint density at radius 2 is 1.80 bits per heavy atom. The maximum absolute atomic E-state index is 13.4. The summed E-state index contributed by atoms with van der Waals surface area (Å²) in [6.45, 7) is 1.66. The van der Waals surface area contributed by atoms with Crippen LogP contribution in [-0.4, -0.2) is 56.5 Å². The van der Waals surface area contributed by atoms with E-state index in [0.29, 0.717) is 16.7 Å². The fourth-order valence-corrected chi connectivity index (χ4v) is 5.73. The number of ether oxygens (including phenoxy) is 2. The van der Waals surface area contributed by atoms with Crippen LogP contribution in [-0.2, 0) is 24.3 Å². The average molecular weight is 541 g/mol. The molecule has 0 unspecified atom stereocenters. The third-order valence-electron chi connectivity index (χ3n) is 4.32. The molecule has 3 rings (SSSR count). The van der Waals surface area contributed by atoms with Gasteiger partial charge in [0.2, 0.25) is 11.0 Å². The summed E-state index contributed by atoms with van der Waals surface area (Å²) in [4.78, 5) is 23.9. The molecule has 3 aromatic rings. The van der Waals surface area contributed by atoms with Crippen molar-refractivity contribution in [3.05, 3.63) is 54.3 Å². The van der Waals surface area contributed by atoms with Crippen LogP contribution in [0.5, 0.6) is 5.75 Å². The standard InChI is InChI=1S/C21H21FN4O6S3/c1-3-32-16-8-6-15(7-9-16)26(35(29,30)17-10-4-14(22)5-11-17)12-18(27)23-20-24-25-21(34-20)33-13-19(28)31-2/h4-11H,3,12-13H2,1-2H3,(H,23,24,27). The lowest BCUT2D eigenvalue weighted by molar-refractivity contribution is -0.137. The number of hydrogen-bond donors (Lipinski definition) is 1. The Labute approximate surface area is 209 Å². The summed E-state index contributed by atoms with van der Waals surface area (Å²) in [5, 5.41) is 10.4. The van der Waals surface area contributed by atoms with Gasteiger partial charge in [0.25, 0.3) is 10.0 Å². The van der Waals surface area contributed by atoms with Crippen LogP contribution in [0.4, 0.5) is 15.2 Å². The minimum Gasteiger partial charge on any atom is -0.494 e. The molecule has 10 nitrogen and oxygen atoms in total. The number of nitrogens with zero attached hydrogens (tertiary/aromatic N) is 3. The molecule has 0 spiro atoms. The van der Waals surface area contributed by atoms with E-state index in [1.165, 1.54) is 19.2 Å². The van der Waals surface area contributed by atoms with Gasteiger partial charge >= 0.3 is 5.97 Å². The van der Waals surface area contributed by atoms with E-state index >= 15 is 0 Å². The van der Waals surface area contributed by atoms with Gasteiger partial charge in [-0.2, -0.15) is 0 Å². The summed E-state index contributed by atoms with van der Waals surface area (Å²) in [7, 11) is -2.95. The third kappa shape index (κ3) is 7.13. The van der Waals surface area contributed by atoms with Crippen molar-refractivity contribution < 1.29 is 31.9 Å². The Morgan fingerprint density at radius 1 is 1.11 bits per heavy atom. The van der Waals surface area contributed by atoms with Crippen LogP contribution in [0.2, 0.25) is 0 Å². The van der Waals surface area contributed by atoms with Crippen molar-refractivity contribution >= 4 is 55.8 Å². The monoisotopic (exact) mass is 540 g/mol. The van der Waals surface area contributed by atoms with E-state index in [1.54, 1.807) is 12.1 Å². The molecule has 0 aliphatic heterocycles. The third-order valence-corrected chi connectivity index (χ3v) is 8.05. The molecule has 0 saturated carbocycles. The second-order valence-corrected chi connectivity index (χ2v) is 10.7.